The second-order valence-electron chi connectivity index (χ2n) is 5.53. The van der Waals surface area contributed by atoms with E-state index in [-0.39, 0.29) is 6.79 Å². The molecule has 1 aromatic carbocycles. The first-order chi connectivity index (χ1) is 11.8. The van der Waals surface area contributed by atoms with Gasteiger partial charge in [-0.15, -0.1) is 5.10 Å². The molecule has 6 nitrogen and oxygen atoms in total. The number of nitrogens with zero attached hydrogens (tertiary/aromatic N) is 3. The van der Waals surface area contributed by atoms with E-state index in [0.717, 1.165) is 47.6 Å². The summed E-state index contributed by atoms with van der Waals surface area (Å²) < 4.78 is 10.7. The van der Waals surface area contributed by atoms with Gasteiger partial charge >= 0.3 is 0 Å². The molecule has 2 heterocycles. The smallest absolute Gasteiger partial charge is 0.231 e. The quantitative estimate of drug-likeness (QED) is 0.880. The van der Waals surface area contributed by atoms with Gasteiger partial charge in [-0.3, -0.25) is 0 Å². The van der Waals surface area contributed by atoms with E-state index in [0.29, 0.717) is 17.9 Å². The van der Waals surface area contributed by atoms with Crippen LogP contribution >= 0.6 is 0 Å². The lowest BCUT2D eigenvalue weighted by Crippen LogP contribution is -2.12. The van der Waals surface area contributed by atoms with Crippen molar-refractivity contribution in [2.45, 2.75) is 33.1 Å². The second kappa shape index (κ2) is 7.18. The van der Waals surface area contributed by atoms with E-state index in [1.807, 2.05) is 32.0 Å². The van der Waals surface area contributed by atoms with Crippen LogP contribution in [0.25, 0.3) is 0 Å². The standard InChI is InChI=1S/C18H20N4O2/c1-3-13-14(10-19)18(22-21-15(13)4-2)20-8-7-12-5-6-16-17(9-12)24-11-23-16/h5-6,9H,3-4,7-8,11H2,1-2H3,(H,20,22). The van der Waals surface area contributed by atoms with Crippen LogP contribution in [0.3, 0.4) is 0 Å². The zero-order valence-electron chi connectivity index (χ0n) is 13.9. The van der Waals surface area contributed by atoms with E-state index < -0.39 is 0 Å². The maximum atomic E-state index is 9.48. The van der Waals surface area contributed by atoms with E-state index in [4.69, 9.17) is 9.47 Å². The first-order valence-electron chi connectivity index (χ1n) is 8.17. The number of nitrogens with one attached hydrogen (secondary N) is 1. The molecule has 0 saturated heterocycles. The second-order valence-corrected chi connectivity index (χ2v) is 5.53. The summed E-state index contributed by atoms with van der Waals surface area (Å²) in [4.78, 5) is 0. The van der Waals surface area contributed by atoms with E-state index >= 15 is 0 Å². The zero-order chi connectivity index (χ0) is 16.9. The molecule has 3 rings (SSSR count). The topological polar surface area (TPSA) is 80.1 Å². The monoisotopic (exact) mass is 324 g/mol. The third-order valence-electron chi connectivity index (χ3n) is 4.10. The molecule has 124 valence electrons. The molecule has 0 amide bonds. The molecule has 0 unspecified atom stereocenters. The Hall–Kier alpha value is -2.81. The lowest BCUT2D eigenvalue weighted by molar-refractivity contribution is 0.174. The molecule has 0 atom stereocenters. The van der Waals surface area contributed by atoms with Crippen LogP contribution in [-0.4, -0.2) is 23.5 Å². The van der Waals surface area contributed by atoms with Gasteiger partial charge in [-0.05, 0) is 42.5 Å². The minimum atomic E-state index is 0.279. The van der Waals surface area contributed by atoms with Gasteiger partial charge in [0, 0.05) is 6.54 Å². The van der Waals surface area contributed by atoms with Crippen molar-refractivity contribution >= 4 is 5.82 Å². The molecule has 1 N–H and O–H groups in total. The van der Waals surface area contributed by atoms with Crippen LogP contribution in [0, 0.1) is 11.3 Å². The Morgan fingerprint density at radius 2 is 2.00 bits per heavy atom. The van der Waals surface area contributed by atoms with Crippen LogP contribution in [0.4, 0.5) is 5.82 Å². The van der Waals surface area contributed by atoms with Crippen molar-refractivity contribution in [1.82, 2.24) is 10.2 Å². The van der Waals surface area contributed by atoms with E-state index in [9.17, 15) is 5.26 Å². The van der Waals surface area contributed by atoms with E-state index in [2.05, 4.69) is 21.6 Å². The third kappa shape index (κ3) is 3.11. The number of hydrogen-bond acceptors (Lipinski definition) is 6. The highest BCUT2D eigenvalue weighted by Crippen LogP contribution is 2.32. The third-order valence-corrected chi connectivity index (χ3v) is 4.10. The highest BCUT2D eigenvalue weighted by molar-refractivity contribution is 5.56. The molecular weight excluding hydrogens is 304 g/mol. The summed E-state index contributed by atoms with van der Waals surface area (Å²) in [6.45, 7) is 5.00. The number of aromatic nitrogens is 2. The highest BCUT2D eigenvalue weighted by atomic mass is 16.7. The number of nitriles is 1. The number of ether oxygens (including phenoxy) is 2. The van der Waals surface area contributed by atoms with Crippen molar-refractivity contribution in [1.29, 1.82) is 5.26 Å². The van der Waals surface area contributed by atoms with Gasteiger partial charge < -0.3 is 14.8 Å². The molecule has 2 aromatic rings. The number of anilines is 1. The highest BCUT2D eigenvalue weighted by Gasteiger charge is 2.15. The summed E-state index contributed by atoms with van der Waals surface area (Å²) in [6.07, 6.45) is 2.35. The van der Waals surface area contributed by atoms with Crippen LogP contribution in [0.15, 0.2) is 18.2 Å². The normalized spacial score (nSPS) is 12.0. The average Bonchev–Trinajstić information content (AvgIpc) is 3.08. The molecule has 0 spiro atoms. The van der Waals surface area contributed by atoms with E-state index in [1.54, 1.807) is 0 Å². The van der Waals surface area contributed by atoms with Gasteiger partial charge in [0.05, 0.1) is 5.69 Å². The van der Waals surface area contributed by atoms with Crippen LogP contribution in [0.1, 0.15) is 36.2 Å². The first-order valence-corrected chi connectivity index (χ1v) is 8.17. The van der Waals surface area contributed by atoms with Gasteiger partial charge in [0.2, 0.25) is 6.79 Å². The van der Waals surface area contributed by atoms with Gasteiger partial charge in [0.15, 0.2) is 17.3 Å². The maximum Gasteiger partial charge on any atom is 0.231 e. The molecule has 1 aliphatic heterocycles. The van der Waals surface area contributed by atoms with Crippen molar-refractivity contribution in [2.24, 2.45) is 0 Å². The first kappa shape index (κ1) is 16.1. The average molecular weight is 324 g/mol. The Bertz CT molecular complexity index is 783. The van der Waals surface area contributed by atoms with Gasteiger partial charge in [-0.25, -0.2) is 0 Å². The summed E-state index contributed by atoms with van der Waals surface area (Å²) in [6, 6.07) is 8.19. The van der Waals surface area contributed by atoms with Crippen molar-refractivity contribution in [3.8, 4) is 17.6 Å². The SMILES string of the molecule is CCc1nnc(NCCc2ccc3c(c2)OCO3)c(C#N)c1CC. The van der Waals surface area contributed by atoms with Gasteiger partial charge in [-0.2, -0.15) is 10.4 Å². The van der Waals surface area contributed by atoms with Crippen molar-refractivity contribution in [3.05, 3.63) is 40.6 Å². The Kier molecular flexibility index (Phi) is 4.80. The van der Waals surface area contributed by atoms with Gasteiger partial charge in [-0.1, -0.05) is 19.9 Å². The molecule has 0 radical (unpaired) electrons. The molecule has 24 heavy (non-hydrogen) atoms. The molecule has 1 aliphatic rings. The predicted octanol–water partition coefficient (Wildman–Crippen LogP) is 2.86. The molecule has 0 saturated carbocycles. The van der Waals surface area contributed by atoms with Crippen LogP contribution < -0.4 is 14.8 Å². The number of benzene rings is 1. The summed E-state index contributed by atoms with van der Waals surface area (Å²) in [5.74, 6) is 2.13. The summed E-state index contributed by atoms with van der Waals surface area (Å²) >= 11 is 0. The summed E-state index contributed by atoms with van der Waals surface area (Å²) in [5, 5.41) is 21.2. The Labute approximate surface area is 141 Å². The van der Waals surface area contributed by atoms with Crippen LogP contribution in [0.5, 0.6) is 11.5 Å². The molecule has 0 bridgehead atoms. The van der Waals surface area contributed by atoms with Crippen molar-refractivity contribution < 1.29 is 9.47 Å². The van der Waals surface area contributed by atoms with E-state index in [1.165, 1.54) is 0 Å². The van der Waals surface area contributed by atoms with Gasteiger partial charge in [0.25, 0.3) is 0 Å². The Morgan fingerprint density at radius 1 is 1.17 bits per heavy atom. The largest absolute Gasteiger partial charge is 0.454 e. The number of hydrogen-bond donors (Lipinski definition) is 1. The number of aryl methyl sites for hydroxylation is 1. The summed E-state index contributed by atoms with van der Waals surface area (Å²) in [7, 11) is 0. The maximum absolute atomic E-state index is 9.48. The summed E-state index contributed by atoms with van der Waals surface area (Å²) in [5.41, 5.74) is 3.63. The fourth-order valence-electron chi connectivity index (χ4n) is 2.84. The van der Waals surface area contributed by atoms with Crippen molar-refractivity contribution in [3.63, 3.8) is 0 Å². The Balaban J connectivity index is 1.70. The lowest BCUT2D eigenvalue weighted by Gasteiger charge is -2.12. The molecule has 0 fully saturated rings. The number of rotatable bonds is 6. The zero-order valence-corrected chi connectivity index (χ0v) is 13.9. The minimum Gasteiger partial charge on any atom is -0.454 e. The minimum absolute atomic E-state index is 0.279. The molecular formula is C18H20N4O2. The van der Waals surface area contributed by atoms with Crippen LogP contribution in [-0.2, 0) is 19.3 Å². The molecule has 6 heteroatoms. The predicted molar refractivity (Wildman–Crippen MR) is 90.3 cm³/mol. The fraction of sp³-hybridized carbons (Fsp3) is 0.389. The molecule has 0 aliphatic carbocycles. The van der Waals surface area contributed by atoms with Gasteiger partial charge in [0.1, 0.15) is 11.6 Å². The van der Waals surface area contributed by atoms with Crippen molar-refractivity contribution in [2.75, 3.05) is 18.7 Å². The van der Waals surface area contributed by atoms with Crippen LogP contribution in [0.2, 0.25) is 0 Å². The fourth-order valence-corrected chi connectivity index (χ4v) is 2.84. The molecule has 1 aromatic heterocycles. The lowest BCUT2D eigenvalue weighted by atomic mass is 10.0. The number of fused-ring (bicyclic) bond motifs is 1. The Morgan fingerprint density at radius 3 is 2.75 bits per heavy atom.